The first kappa shape index (κ1) is 15.0. The Balaban J connectivity index is 2.71. The molecule has 0 saturated heterocycles. The molecule has 0 aliphatic rings. The van der Waals surface area contributed by atoms with Crippen molar-refractivity contribution in [2.45, 2.75) is 33.2 Å². The van der Waals surface area contributed by atoms with Crippen molar-refractivity contribution in [1.29, 1.82) is 0 Å². The molecule has 1 unspecified atom stereocenters. The summed E-state index contributed by atoms with van der Waals surface area (Å²) in [5.41, 5.74) is 6.70. The number of hydrogen-bond donors (Lipinski definition) is 1. The van der Waals surface area contributed by atoms with Gasteiger partial charge in [0.1, 0.15) is 5.75 Å². The molecule has 0 spiro atoms. The number of rotatable bonds is 6. The highest BCUT2D eigenvalue weighted by Gasteiger charge is 2.10. The van der Waals surface area contributed by atoms with E-state index in [1.807, 2.05) is 12.1 Å². The predicted molar refractivity (Wildman–Crippen MR) is 79.3 cm³/mol. The summed E-state index contributed by atoms with van der Waals surface area (Å²) in [6.07, 6.45) is 2.38. The molecule has 2 nitrogen and oxygen atoms in total. The van der Waals surface area contributed by atoms with Crippen LogP contribution in [0.5, 0.6) is 5.75 Å². The van der Waals surface area contributed by atoms with E-state index in [0.29, 0.717) is 12.5 Å². The van der Waals surface area contributed by atoms with Gasteiger partial charge in [0.2, 0.25) is 0 Å². The Morgan fingerprint density at radius 1 is 1.29 bits per heavy atom. The summed E-state index contributed by atoms with van der Waals surface area (Å²) in [5, 5.41) is 0. The molecule has 17 heavy (non-hydrogen) atoms. The maximum absolute atomic E-state index is 5.85. The van der Waals surface area contributed by atoms with Gasteiger partial charge in [-0.25, -0.2) is 0 Å². The molecule has 1 rings (SSSR count). The van der Waals surface area contributed by atoms with Crippen LogP contribution in [0, 0.1) is 5.92 Å². The fourth-order valence-corrected chi connectivity index (χ4v) is 3.18. The van der Waals surface area contributed by atoms with Gasteiger partial charge >= 0.3 is 0 Å². The van der Waals surface area contributed by atoms with Crippen molar-refractivity contribution in [3.05, 3.63) is 26.6 Å². The fraction of sp³-hybridized carbons (Fsp3) is 0.538. The van der Waals surface area contributed by atoms with Crippen molar-refractivity contribution >= 4 is 31.9 Å². The number of nitrogens with two attached hydrogens (primary N) is 1. The second kappa shape index (κ2) is 7.39. The van der Waals surface area contributed by atoms with Gasteiger partial charge in [0.15, 0.2) is 0 Å². The fourth-order valence-electron chi connectivity index (χ4n) is 1.67. The third-order valence-corrected chi connectivity index (χ3v) is 3.77. The molecular weight excluding hydrogens is 346 g/mol. The maximum atomic E-state index is 5.85. The highest BCUT2D eigenvalue weighted by molar-refractivity contribution is 9.11. The smallest absolute Gasteiger partial charge is 0.147 e. The van der Waals surface area contributed by atoms with Gasteiger partial charge in [-0.1, -0.05) is 20.3 Å². The molecule has 0 aromatic heterocycles. The first-order valence-electron chi connectivity index (χ1n) is 5.89. The SMILES string of the molecule is CCCC(C)COc1c(Br)cc(CN)cc1Br. The maximum Gasteiger partial charge on any atom is 0.147 e. The van der Waals surface area contributed by atoms with Crippen LogP contribution in [-0.2, 0) is 6.54 Å². The van der Waals surface area contributed by atoms with Crippen molar-refractivity contribution in [2.75, 3.05) is 6.61 Å². The normalized spacial score (nSPS) is 12.5. The van der Waals surface area contributed by atoms with Crippen LogP contribution in [0.1, 0.15) is 32.3 Å². The van der Waals surface area contributed by atoms with Crippen LogP contribution in [0.25, 0.3) is 0 Å². The Labute approximate surface area is 120 Å². The highest BCUT2D eigenvalue weighted by Crippen LogP contribution is 2.35. The van der Waals surface area contributed by atoms with Gasteiger partial charge in [-0.15, -0.1) is 0 Å². The van der Waals surface area contributed by atoms with Crippen LogP contribution in [0.3, 0.4) is 0 Å². The summed E-state index contributed by atoms with van der Waals surface area (Å²) >= 11 is 7.03. The van der Waals surface area contributed by atoms with Crippen molar-refractivity contribution in [2.24, 2.45) is 11.7 Å². The van der Waals surface area contributed by atoms with Crippen LogP contribution in [0.15, 0.2) is 21.1 Å². The minimum absolute atomic E-state index is 0.531. The van der Waals surface area contributed by atoms with Gasteiger partial charge in [0.25, 0.3) is 0 Å². The number of benzene rings is 1. The molecular formula is C13H19Br2NO. The molecule has 0 amide bonds. The third-order valence-electron chi connectivity index (χ3n) is 2.59. The lowest BCUT2D eigenvalue weighted by atomic mass is 10.1. The van der Waals surface area contributed by atoms with Crippen molar-refractivity contribution in [3.63, 3.8) is 0 Å². The van der Waals surface area contributed by atoms with E-state index in [4.69, 9.17) is 10.5 Å². The average molecular weight is 365 g/mol. The summed E-state index contributed by atoms with van der Waals surface area (Å²) < 4.78 is 7.76. The van der Waals surface area contributed by atoms with Crippen LogP contribution in [0.4, 0.5) is 0 Å². The summed E-state index contributed by atoms with van der Waals surface area (Å²) in [4.78, 5) is 0. The van der Waals surface area contributed by atoms with Crippen molar-refractivity contribution in [3.8, 4) is 5.75 Å². The van der Waals surface area contributed by atoms with Crippen molar-refractivity contribution in [1.82, 2.24) is 0 Å². The second-order valence-electron chi connectivity index (χ2n) is 4.30. The first-order valence-corrected chi connectivity index (χ1v) is 7.47. The Hall–Kier alpha value is -0.0600. The molecule has 0 aliphatic heterocycles. The van der Waals surface area contributed by atoms with Crippen LogP contribution < -0.4 is 10.5 Å². The summed E-state index contributed by atoms with van der Waals surface area (Å²) in [5.74, 6) is 1.44. The van der Waals surface area contributed by atoms with Gasteiger partial charge in [-0.2, -0.15) is 0 Å². The minimum Gasteiger partial charge on any atom is -0.491 e. The second-order valence-corrected chi connectivity index (χ2v) is 6.01. The zero-order valence-electron chi connectivity index (χ0n) is 10.3. The quantitative estimate of drug-likeness (QED) is 0.807. The van der Waals surface area contributed by atoms with E-state index in [2.05, 4.69) is 45.7 Å². The van der Waals surface area contributed by atoms with E-state index in [1.54, 1.807) is 0 Å². The third kappa shape index (κ3) is 4.60. The summed E-state index contributed by atoms with van der Waals surface area (Å²) in [6, 6.07) is 4.01. The molecule has 0 heterocycles. The standard InChI is InChI=1S/C13H19Br2NO/c1-3-4-9(2)8-17-13-11(14)5-10(7-16)6-12(13)15/h5-6,9H,3-4,7-8,16H2,1-2H3. The molecule has 0 radical (unpaired) electrons. The van der Waals surface area contributed by atoms with Crippen LogP contribution >= 0.6 is 31.9 Å². The van der Waals surface area contributed by atoms with E-state index in [9.17, 15) is 0 Å². The van der Waals surface area contributed by atoms with E-state index in [0.717, 1.165) is 26.9 Å². The van der Waals surface area contributed by atoms with Gasteiger partial charge in [0.05, 0.1) is 15.6 Å². The molecule has 1 atom stereocenters. The Morgan fingerprint density at radius 2 is 1.88 bits per heavy atom. The van der Waals surface area contributed by atoms with Gasteiger partial charge in [0, 0.05) is 6.54 Å². The van der Waals surface area contributed by atoms with Gasteiger partial charge < -0.3 is 10.5 Å². The molecule has 0 aliphatic carbocycles. The Morgan fingerprint density at radius 3 is 2.35 bits per heavy atom. The van der Waals surface area contributed by atoms with E-state index in [-0.39, 0.29) is 0 Å². The van der Waals surface area contributed by atoms with E-state index in [1.165, 1.54) is 12.8 Å². The highest BCUT2D eigenvalue weighted by atomic mass is 79.9. The Kier molecular flexibility index (Phi) is 6.52. The zero-order chi connectivity index (χ0) is 12.8. The minimum atomic E-state index is 0.531. The largest absolute Gasteiger partial charge is 0.491 e. The van der Waals surface area contributed by atoms with E-state index >= 15 is 0 Å². The zero-order valence-corrected chi connectivity index (χ0v) is 13.5. The lowest BCUT2D eigenvalue weighted by Gasteiger charge is -2.15. The van der Waals surface area contributed by atoms with Crippen LogP contribution in [-0.4, -0.2) is 6.61 Å². The Bertz CT molecular complexity index is 345. The lowest BCUT2D eigenvalue weighted by molar-refractivity contribution is 0.249. The molecule has 0 bridgehead atoms. The summed E-state index contributed by atoms with van der Waals surface area (Å²) in [6.45, 7) is 5.68. The van der Waals surface area contributed by atoms with Gasteiger partial charge in [-0.05, 0) is 61.9 Å². The van der Waals surface area contributed by atoms with Gasteiger partial charge in [-0.3, -0.25) is 0 Å². The topological polar surface area (TPSA) is 35.2 Å². The molecule has 96 valence electrons. The van der Waals surface area contributed by atoms with Crippen molar-refractivity contribution < 1.29 is 4.74 Å². The monoisotopic (exact) mass is 363 g/mol. The van der Waals surface area contributed by atoms with E-state index < -0.39 is 0 Å². The molecule has 1 aromatic rings. The molecule has 4 heteroatoms. The first-order chi connectivity index (χ1) is 8.08. The number of ether oxygens (including phenoxy) is 1. The molecule has 1 aromatic carbocycles. The number of halogens is 2. The lowest BCUT2D eigenvalue weighted by Crippen LogP contribution is -2.09. The molecule has 2 N–H and O–H groups in total. The van der Waals surface area contributed by atoms with Crippen LogP contribution in [0.2, 0.25) is 0 Å². The average Bonchev–Trinajstić information content (AvgIpc) is 2.28. The molecule has 0 fully saturated rings. The predicted octanol–water partition coefficient (Wildman–Crippen LogP) is 4.49. The summed E-state index contributed by atoms with van der Waals surface area (Å²) in [7, 11) is 0. The number of hydrogen-bond acceptors (Lipinski definition) is 2. The molecule has 0 saturated carbocycles.